The molecule has 0 atom stereocenters. The standard InChI is InChI=1S/C13H20N4O2/c14-6-3-7-15-8-10-16(11-9-15)12-4-1-2-5-13(12)17(18)19/h1-2,4-5H,3,6-11,14H2. The molecule has 0 saturated carbocycles. The first-order chi connectivity index (χ1) is 9.22. The predicted octanol–water partition coefficient (Wildman–Crippen LogP) is 1.07. The second-order valence-electron chi connectivity index (χ2n) is 4.72. The second-order valence-corrected chi connectivity index (χ2v) is 4.72. The minimum absolute atomic E-state index is 0.193. The van der Waals surface area contributed by atoms with Crippen molar-refractivity contribution in [3.63, 3.8) is 0 Å². The summed E-state index contributed by atoms with van der Waals surface area (Å²) in [7, 11) is 0. The van der Waals surface area contributed by atoms with Gasteiger partial charge in [0.25, 0.3) is 5.69 Å². The molecule has 0 radical (unpaired) electrons. The first-order valence-electron chi connectivity index (χ1n) is 6.63. The molecule has 1 aliphatic heterocycles. The molecule has 1 fully saturated rings. The van der Waals surface area contributed by atoms with Gasteiger partial charge < -0.3 is 10.6 Å². The molecule has 0 spiro atoms. The minimum Gasteiger partial charge on any atom is -0.363 e. The van der Waals surface area contributed by atoms with Gasteiger partial charge in [-0.15, -0.1) is 0 Å². The molecule has 6 nitrogen and oxygen atoms in total. The van der Waals surface area contributed by atoms with Crippen LogP contribution in [-0.2, 0) is 0 Å². The van der Waals surface area contributed by atoms with Gasteiger partial charge >= 0.3 is 0 Å². The molecule has 6 heteroatoms. The zero-order chi connectivity index (χ0) is 13.7. The highest BCUT2D eigenvalue weighted by Gasteiger charge is 2.22. The van der Waals surface area contributed by atoms with Crippen LogP contribution in [0.15, 0.2) is 24.3 Å². The Labute approximate surface area is 112 Å². The average Bonchev–Trinajstić information content (AvgIpc) is 2.45. The van der Waals surface area contributed by atoms with Crippen molar-refractivity contribution in [2.75, 3.05) is 44.2 Å². The van der Waals surface area contributed by atoms with E-state index >= 15 is 0 Å². The SMILES string of the molecule is NCCCN1CCN(c2ccccc2[N+](=O)[O-])CC1. The summed E-state index contributed by atoms with van der Waals surface area (Å²) < 4.78 is 0. The van der Waals surface area contributed by atoms with Crippen LogP contribution in [-0.4, -0.2) is 49.1 Å². The van der Waals surface area contributed by atoms with E-state index in [9.17, 15) is 10.1 Å². The van der Waals surface area contributed by atoms with E-state index in [-0.39, 0.29) is 10.6 Å². The molecule has 0 bridgehead atoms. The third-order valence-corrected chi connectivity index (χ3v) is 3.47. The average molecular weight is 264 g/mol. The van der Waals surface area contributed by atoms with Crippen LogP contribution >= 0.6 is 0 Å². The molecule has 0 unspecified atom stereocenters. The highest BCUT2D eigenvalue weighted by molar-refractivity contribution is 5.63. The number of benzene rings is 1. The summed E-state index contributed by atoms with van der Waals surface area (Å²) >= 11 is 0. The third kappa shape index (κ3) is 3.42. The fourth-order valence-corrected chi connectivity index (χ4v) is 2.41. The van der Waals surface area contributed by atoms with E-state index in [2.05, 4.69) is 9.80 Å². The summed E-state index contributed by atoms with van der Waals surface area (Å²) in [6.07, 6.45) is 1.01. The van der Waals surface area contributed by atoms with E-state index in [1.165, 1.54) is 0 Å². The zero-order valence-corrected chi connectivity index (χ0v) is 11.0. The van der Waals surface area contributed by atoms with E-state index < -0.39 is 0 Å². The van der Waals surface area contributed by atoms with Crippen LogP contribution in [0.2, 0.25) is 0 Å². The lowest BCUT2D eigenvalue weighted by Gasteiger charge is -2.35. The monoisotopic (exact) mass is 264 g/mol. The second kappa shape index (κ2) is 6.49. The Morgan fingerprint density at radius 3 is 2.53 bits per heavy atom. The first kappa shape index (κ1) is 13.8. The highest BCUT2D eigenvalue weighted by Crippen LogP contribution is 2.28. The zero-order valence-electron chi connectivity index (χ0n) is 11.0. The van der Waals surface area contributed by atoms with Crippen molar-refractivity contribution in [1.82, 2.24) is 4.90 Å². The van der Waals surface area contributed by atoms with Crippen molar-refractivity contribution < 1.29 is 4.92 Å². The van der Waals surface area contributed by atoms with E-state index in [1.807, 2.05) is 12.1 Å². The normalized spacial score (nSPS) is 16.6. The van der Waals surface area contributed by atoms with Gasteiger partial charge in [-0.1, -0.05) is 12.1 Å². The molecule has 1 aliphatic rings. The Hall–Kier alpha value is -1.66. The number of anilines is 1. The fourth-order valence-electron chi connectivity index (χ4n) is 2.41. The third-order valence-electron chi connectivity index (χ3n) is 3.47. The van der Waals surface area contributed by atoms with Crippen molar-refractivity contribution in [3.05, 3.63) is 34.4 Å². The topological polar surface area (TPSA) is 75.6 Å². The van der Waals surface area contributed by atoms with Gasteiger partial charge in [0.2, 0.25) is 0 Å². The smallest absolute Gasteiger partial charge is 0.292 e. The molecule has 1 saturated heterocycles. The maximum absolute atomic E-state index is 11.0. The van der Waals surface area contributed by atoms with Crippen molar-refractivity contribution in [3.8, 4) is 0 Å². The number of nitro benzene ring substituents is 1. The van der Waals surface area contributed by atoms with E-state index in [0.717, 1.165) is 44.8 Å². The number of hydrogen-bond acceptors (Lipinski definition) is 5. The van der Waals surface area contributed by atoms with Crippen molar-refractivity contribution in [1.29, 1.82) is 0 Å². The molecule has 1 heterocycles. The number of piperazine rings is 1. The summed E-state index contributed by atoms with van der Waals surface area (Å²) in [4.78, 5) is 15.2. The quantitative estimate of drug-likeness (QED) is 0.636. The number of hydrogen-bond donors (Lipinski definition) is 1. The molecule has 2 N–H and O–H groups in total. The van der Waals surface area contributed by atoms with Crippen LogP contribution in [0.4, 0.5) is 11.4 Å². The molecule has 0 aromatic heterocycles. The predicted molar refractivity (Wildman–Crippen MR) is 75.4 cm³/mol. The van der Waals surface area contributed by atoms with E-state index in [0.29, 0.717) is 6.54 Å². The van der Waals surface area contributed by atoms with Gasteiger partial charge in [-0.25, -0.2) is 0 Å². The number of nitrogens with zero attached hydrogens (tertiary/aromatic N) is 3. The number of nitrogens with two attached hydrogens (primary N) is 1. The van der Waals surface area contributed by atoms with Gasteiger partial charge in [0.05, 0.1) is 4.92 Å². The molecule has 1 aromatic carbocycles. The summed E-state index contributed by atoms with van der Waals surface area (Å²) in [6.45, 7) is 5.26. The van der Waals surface area contributed by atoms with Crippen LogP contribution in [0, 0.1) is 10.1 Å². The first-order valence-corrected chi connectivity index (χ1v) is 6.63. The highest BCUT2D eigenvalue weighted by atomic mass is 16.6. The van der Waals surface area contributed by atoms with Gasteiger partial charge in [0.15, 0.2) is 0 Å². The maximum Gasteiger partial charge on any atom is 0.292 e. The molecule has 1 aromatic rings. The van der Waals surface area contributed by atoms with Gasteiger partial charge in [0, 0.05) is 32.2 Å². The van der Waals surface area contributed by atoms with Crippen molar-refractivity contribution in [2.24, 2.45) is 5.73 Å². The molecule has 0 aliphatic carbocycles. The lowest BCUT2D eigenvalue weighted by molar-refractivity contribution is -0.384. The van der Waals surface area contributed by atoms with Gasteiger partial charge in [-0.05, 0) is 25.6 Å². The Morgan fingerprint density at radius 2 is 1.89 bits per heavy atom. The lowest BCUT2D eigenvalue weighted by Crippen LogP contribution is -2.47. The van der Waals surface area contributed by atoms with E-state index in [4.69, 9.17) is 5.73 Å². The Balaban J connectivity index is 2.00. The number of rotatable bonds is 5. The minimum atomic E-state index is -0.309. The summed E-state index contributed by atoms with van der Waals surface area (Å²) in [6, 6.07) is 6.95. The summed E-state index contributed by atoms with van der Waals surface area (Å²) in [5.41, 5.74) is 6.43. The lowest BCUT2D eigenvalue weighted by atomic mass is 10.2. The molecule has 0 amide bonds. The molecule has 19 heavy (non-hydrogen) atoms. The van der Waals surface area contributed by atoms with Crippen LogP contribution in [0.3, 0.4) is 0 Å². The molecule has 104 valence electrons. The largest absolute Gasteiger partial charge is 0.363 e. The number of nitro groups is 1. The van der Waals surface area contributed by atoms with Crippen molar-refractivity contribution >= 4 is 11.4 Å². The Kier molecular flexibility index (Phi) is 4.70. The van der Waals surface area contributed by atoms with Crippen LogP contribution < -0.4 is 10.6 Å². The Bertz CT molecular complexity index is 430. The fraction of sp³-hybridized carbons (Fsp3) is 0.538. The van der Waals surface area contributed by atoms with Crippen LogP contribution in [0.1, 0.15) is 6.42 Å². The summed E-state index contributed by atoms with van der Waals surface area (Å²) in [5.74, 6) is 0. The van der Waals surface area contributed by atoms with Gasteiger partial charge in [-0.3, -0.25) is 15.0 Å². The molecule has 2 rings (SSSR count). The van der Waals surface area contributed by atoms with Gasteiger partial charge in [-0.2, -0.15) is 0 Å². The Morgan fingerprint density at radius 1 is 1.21 bits per heavy atom. The molecular formula is C13H20N4O2. The molecular weight excluding hydrogens is 244 g/mol. The van der Waals surface area contributed by atoms with Gasteiger partial charge in [0.1, 0.15) is 5.69 Å². The van der Waals surface area contributed by atoms with Crippen molar-refractivity contribution in [2.45, 2.75) is 6.42 Å². The van der Waals surface area contributed by atoms with Crippen LogP contribution in [0.5, 0.6) is 0 Å². The number of para-hydroxylation sites is 2. The van der Waals surface area contributed by atoms with E-state index in [1.54, 1.807) is 12.1 Å². The summed E-state index contributed by atoms with van der Waals surface area (Å²) in [5, 5.41) is 11.0. The van der Waals surface area contributed by atoms with Crippen LogP contribution in [0.25, 0.3) is 0 Å². The maximum atomic E-state index is 11.0.